The quantitative estimate of drug-likeness (QED) is 0.658. The van der Waals surface area contributed by atoms with Crippen LogP contribution in [0.2, 0.25) is 0 Å². The van der Waals surface area contributed by atoms with Gasteiger partial charge in [0.15, 0.2) is 0 Å². The lowest BCUT2D eigenvalue weighted by Crippen LogP contribution is -2.19. The average Bonchev–Trinajstić information content (AvgIpc) is 2.82. The van der Waals surface area contributed by atoms with Crippen LogP contribution in [-0.4, -0.2) is 21.8 Å². The first-order chi connectivity index (χ1) is 10.5. The summed E-state index contributed by atoms with van der Waals surface area (Å²) in [4.78, 5) is 11.9. The van der Waals surface area contributed by atoms with Gasteiger partial charge >= 0.3 is 0 Å². The number of carbonyl (C=O) groups is 1. The van der Waals surface area contributed by atoms with Crippen molar-refractivity contribution >= 4 is 11.6 Å². The van der Waals surface area contributed by atoms with E-state index in [2.05, 4.69) is 20.7 Å². The SMILES string of the molecule is C/C(=N\NC(=O)CCc1c(C)n[nH]c1C)c1ccc(C)cc1. The Labute approximate surface area is 130 Å². The molecule has 22 heavy (non-hydrogen) atoms. The Bertz CT molecular complexity index is 664. The molecule has 0 radical (unpaired) electrons. The molecule has 5 heteroatoms. The van der Waals surface area contributed by atoms with Gasteiger partial charge in [0.05, 0.1) is 11.4 Å². The van der Waals surface area contributed by atoms with Gasteiger partial charge in [0.1, 0.15) is 0 Å². The van der Waals surface area contributed by atoms with Gasteiger partial charge in [0.25, 0.3) is 0 Å². The van der Waals surface area contributed by atoms with Gasteiger partial charge in [-0.3, -0.25) is 9.89 Å². The van der Waals surface area contributed by atoms with Crippen LogP contribution in [0.3, 0.4) is 0 Å². The van der Waals surface area contributed by atoms with Gasteiger partial charge in [-0.15, -0.1) is 0 Å². The number of nitrogens with zero attached hydrogens (tertiary/aromatic N) is 2. The highest BCUT2D eigenvalue weighted by atomic mass is 16.2. The first-order valence-corrected chi connectivity index (χ1v) is 7.38. The summed E-state index contributed by atoms with van der Waals surface area (Å²) in [5.74, 6) is -0.0912. The predicted molar refractivity (Wildman–Crippen MR) is 87.9 cm³/mol. The third-order valence-corrected chi connectivity index (χ3v) is 3.70. The highest BCUT2D eigenvalue weighted by Gasteiger charge is 2.09. The van der Waals surface area contributed by atoms with E-state index in [4.69, 9.17) is 0 Å². The minimum atomic E-state index is -0.0912. The van der Waals surface area contributed by atoms with Gasteiger partial charge in [-0.25, -0.2) is 5.43 Å². The Hall–Kier alpha value is -2.43. The molecule has 1 aromatic heterocycles. The van der Waals surface area contributed by atoms with Crippen LogP contribution in [0.15, 0.2) is 29.4 Å². The van der Waals surface area contributed by atoms with Crippen LogP contribution in [0.5, 0.6) is 0 Å². The zero-order valence-electron chi connectivity index (χ0n) is 13.5. The second-order valence-electron chi connectivity index (χ2n) is 5.51. The Kier molecular flexibility index (Phi) is 5.09. The lowest BCUT2D eigenvalue weighted by atomic mass is 10.1. The van der Waals surface area contributed by atoms with E-state index < -0.39 is 0 Å². The van der Waals surface area contributed by atoms with Gasteiger partial charge in [-0.1, -0.05) is 29.8 Å². The Morgan fingerprint density at radius 2 is 1.91 bits per heavy atom. The zero-order chi connectivity index (χ0) is 16.1. The molecule has 0 aliphatic rings. The molecular formula is C17H22N4O. The maximum atomic E-state index is 11.9. The molecule has 2 rings (SSSR count). The first kappa shape index (κ1) is 15.9. The van der Waals surface area contributed by atoms with Crippen LogP contribution in [0.4, 0.5) is 0 Å². The molecule has 2 N–H and O–H groups in total. The van der Waals surface area contributed by atoms with Gasteiger partial charge in [-0.05, 0) is 45.2 Å². The summed E-state index contributed by atoms with van der Waals surface area (Å²) >= 11 is 0. The van der Waals surface area contributed by atoms with Crippen molar-refractivity contribution in [3.05, 3.63) is 52.3 Å². The third kappa shape index (κ3) is 4.04. The first-order valence-electron chi connectivity index (χ1n) is 7.38. The molecule has 0 spiro atoms. The van der Waals surface area contributed by atoms with Crippen LogP contribution in [-0.2, 0) is 11.2 Å². The largest absolute Gasteiger partial charge is 0.282 e. The van der Waals surface area contributed by atoms with E-state index in [1.54, 1.807) is 0 Å². The highest BCUT2D eigenvalue weighted by molar-refractivity contribution is 5.99. The zero-order valence-corrected chi connectivity index (χ0v) is 13.5. The second-order valence-corrected chi connectivity index (χ2v) is 5.51. The van der Waals surface area contributed by atoms with Crippen molar-refractivity contribution in [2.75, 3.05) is 0 Å². The molecule has 0 unspecified atom stereocenters. The standard InChI is InChI=1S/C17H22N4O/c1-11-5-7-15(8-6-11)12(2)18-21-17(22)10-9-16-13(3)19-20-14(16)4/h5-8H,9-10H2,1-4H3,(H,19,20)(H,21,22)/b18-12+. The minimum absolute atomic E-state index is 0.0912. The Morgan fingerprint density at radius 1 is 1.23 bits per heavy atom. The van der Waals surface area contributed by atoms with Crippen molar-refractivity contribution in [1.82, 2.24) is 15.6 Å². The number of amides is 1. The van der Waals surface area contributed by atoms with Gasteiger partial charge in [-0.2, -0.15) is 10.2 Å². The van der Waals surface area contributed by atoms with E-state index in [-0.39, 0.29) is 5.91 Å². The van der Waals surface area contributed by atoms with Gasteiger partial charge < -0.3 is 0 Å². The van der Waals surface area contributed by atoms with Gasteiger partial charge in [0, 0.05) is 12.1 Å². The van der Waals surface area contributed by atoms with E-state index in [9.17, 15) is 4.79 Å². The van der Waals surface area contributed by atoms with Crippen LogP contribution in [0.25, 0.3) is 0 Å². The van der Waals surface area contributed by atoms with E-state index in [0.29, 0.717) is 12.8 Å². The number of carbonyl (C=O) groups excluding carboxylic acids is 1. The number of H-pyrrole nitrogens is 1. The Balaban J connectivity index is 1.89. The van der Waals surface area contributed by atoms with Crippen LogP contribution in [0, 0.1) is 20.8 Å². The molecule has 0 aliphatic carbocycles. The predicted octanol–water partition coefficient (Wildman–Crippen LogP) is 2.81. The highest BCUT2D eigenvalue weighted by Crippen LogP contribution is 2.11. The van der Waals surface area contributed by atoms with Crippen molar-refractivity contribution in [3.63, 3.8) is 0 Å². The van der Waals surface area contributed by atoms with E-state index in [0.717, 1.165) is 28.2 Å². The third-order valence-electron chi connectivity index (χ3n) is 3.70. The summed E-state index contributed by atoms with van der Waals surface area (Å²) in [7, 11) is 0. The molecule has 116 valence electrons. The maximum absolute atomic E-state index is 11.9. The van der Waals surface area contributed by atoms with Crippen LogP contribution >= 0.6 is 0 Å². The van der Waals surface area contributed by atoms with Crippen molar-refractivity contribution < 1.29 is 4.79 Å². The lowest BCUT2D eigenvalue weighted by molar-refractivity contribution is -0.121. The van der Waals surface area contributed by atoms with Crippen molar-refractivity contribution in [3.8, 4) is 0 Å². The maximum Gasteiger partial charge on any atom is 0.240 e. The smallest absolute Gasteiger partial charge is 0.240 e. The number of nitrogens with one attached hydrogen (secondary N) is 2. The van der Waals surface area contributed by atoms with Gasteiger partial charge in [0.2, 0.25) is 5.91 Å². The Morgan fingerprint density at radius 3 is 2.50 bits per heavy atom. The van der Waals surface area contributed by atoms with E-state index in [1.807, 2.05) is 52.0 Å². The summed E-state index contributed by atoms with van der Waals surface area (Å²) in [6.07, 6.45) is 1.06. The number of hydrogen-bond acceptors (Lipinski definition) is 3. The molecule has 0 atom stereocenters. The molecule has 0 saturated carbocycles. The molecule has 1 aromatic carbocycles. The number of benzene rings is 1. The number of hydrazone groups is 1. The number of rotatable bonds is 5. The molecule has 0 bridgehead atoms. The molecule has 1 amide bonds. The minimum Gasteiger partial charge on any atom is -0.282 e. The molecule has 0 saturated heterocycles. The fourth-order valence-electron chi connectivity index (χ4n) is 2.24. The molecular weight excluding hydrogens is 276 g/mol. The number of aryl methyl sites for hydroxylation is 3. The number of aromatic amines is 1. The molecule has 1 heterocycles. The average molecular weight is 298 g/mol. The molecule has 0 fully saturated rings. The molecule has 2 aromatic rings. The van der Waals surface area contributed by atoms with Crippen LogP contribution < -0.4 is 5.43 Å². The normalized spacial score (nSPS) is 11.5. The summed E-state index contributed by atoms with van der Waals surface area (Å²) in [5.41, 5.74) is 8.69. The van der Waals surface area contributed by atoms with Crippen LogP contribution in [0.1, 0.15) is 41.4 Å². The van der Waals surface area contributed by atoms with E-state index in [1.165, 1.54) is 5.56 Å². The molecule has 0 aliphatic heterocycles. The summed E-state index contributed by atoms with van der Waals surface area (Å²) in [5, 5.41) is 11.2. The van der Waals surface area contributed by atoms with E-state index >= 15 is 0 Å². The lowest BCUT2D eigenvalue weighted by Gasteiger charge is -2.04. The number of aromatic nitrogens is 2. The summed E-state index contributed by atoms with van der Waals surface area (Å²) in [6.45, 7) is 7.83. The van der Waals surface area contributed by atoms with Crippen molar-refractivity contribution in [2.45, 2.75) is 40.5 Å². The molecule has 5 nitrogen and oxygen atoms in total. The van der Waals surface area contributed by atoms with Crippen molar-refractivity contribution in [1.29, 1.82) is 0 Å². The second kappa shape index (κ2) is 7.02. The summed E-state index contributed by atoms with van der Waals surface area (Å²) in [6, 6.07) is 8.05. The number of hydrogen-bond donors (Lipinski definition) is 2. The van der Waals surface area contributed by atoms with Crippen molar-refractivity contribution in [2.24, 2.45) is 5.10 Å². The fraction of sp³-hybridized carbons (Fsp3) is 0.353. The topological polar surface area (TPSA) is 70.1 Å². The monoisotopic (exact) mass is 298 g/mol. The fourth-order valence-corrected chi connectivity index (χ4v) is 2.24. The summed E-state index contributed by atoms with van der Waals surface area (Å²) < 4.78 is 0.